The van der Waals surface area contributed by atoms with E-state index in [0.717, 1.165) is 0 Å². The summed E-state index contributed by atoms with van der Waals surface area (Å²) < 4.78 is 80.8. The molecule has 2 heterocycles. The average Bonchev–Trinajstić information content (AvgIpc) is 3.57. The number of aromatic nitrogens is 2. The van der Waals surface area contributed by atoms with Crippen LogP contribution in [0.25, 0.3) is 22.6 Å². The van der Waals surface area contributed by atoms with Crippen LogP contribution in [-0.2, 0) is 21.2 Å². The fourth-order valence-electron chi connectivity index (χ4n) is 4.70. The van der Waals surface area contributed by atoms with Crippen LogP contribution in [0, 0.1) is 25.2 Å². The lowest BCUT2D eigenvalue weighted by Crippen LogP contribution is -2.26. The number of rotatable bonds is 11. The molecule has 230 valence electrons. The Hall–Kier alpha value is -3.93. The average molecular weight is 618 g/mol. The summed E-state index contributed by atoms with van der Waals surface area (Å²) in [6.07, 6.45) is -2.70. The minimum Gasteiger partial charge on any atom is -0.445 e. The van der Waals surface area contributed by atoms with Gasteiger partial charge in [-0.1, -0.05) is 50.2 Å². The predicted molar refractivity (Wildman–Crippen MR) is 156 cm³/mol. The molecule has 1 atom stereocenters. The quantitative estimate of drug-likeness (QED) is 0.182. The highest BCUT2D eigenvalue weighted by atomic mass is 32.2. The highest BCUT2D eigenvalue weighted by Gasteiger charge is 2.35. The summed E-state index contributed by atoms with van der Waals surface area (Å²) in [6.45, 7) is 8.42. The number of alkyl halides is 3. The molecule has 0 aliphatic carbocycles. The maximum atomic E-state index is 13.6. The number of nitrogens with zero attached hydrogens (tertiary/aromatic N) is 2. The summed E-state index contributed by atoms with van der Waals surface area (Å²) in [4.78, 5) is 16.8. The van der Waals surface area contributed by atoms with E-state index in [1.54, 1.807) is 71.0 Å². The molecule has 0 fully saturated rings. The molecule has 0 amide bonds. The number of nitrogens with one attached hydrogen (secondary N) is 1. The summed E-state index contributed by atoms with van der Waals surface area (Å²) in [6, 6.07) is 11.5. The molecule has 2 aromatic carbocycles. The van der Waals surface area contributed by atoms with Crippen molar-refractivity contribution in [3.05, 3.63) is 71.7 Å². The van der Waals surface area contributed by atoms with E-state index < -0.39 is 34.0 Å². The molecule has 1 unspecified atom stereocenters. The zero-order chi connectivity index (χ0) is 31.6. The molecule has 43 heavy (non-hydrogen) atoms. The van der Waals surface area contributed by atoms with Crippen LogP contribution in [0.1, 0.15) is 56.9 Å². The first-order chi connectivity index (χ1) is 20.0. The molecule has 0 saturated heterocycles. The number of anilines is 1. The molecule has 1 N–H and O–H groups in total. The van der Waals surface area contributed by atoms with Crippen LogP contribution in [-0.4, -0.2) is 30.5 Å². The van der Waals surface area contributed by atoms with E-state index in [9.17, 15) is 26.4 Å². The van der Waals surface area contributed by atoms with E-state index in [4.69, 9.17) is 8.94 Å². The Balaban J connectivity index is 1.75. The summed E-state index contributed by atoms with van der Waals surface area (Å²) >= 11 is 0. The zero-order valence-corrected chi connectivity index (χ0v) is 25.4. The number of sulfonamides is 1. The van der Waals surface area contributed by atoms with E-state index in [-0.39, 0.29) is 35.8 Å². The van der Waals surface area contributed by atoms with Crippen molar-refractivity contribution in [3.63, 3.8) is 0 Å². The number of Topliss-reactive ketones (excluding diaryl/α,β-unsaturated/α-hetero) is 1. The minimum atomic E-state index is -4.45. The number of carbonyl (C=O) groups is 1. The largest absolute Gasteiger partial charge is 0.445 e. The second-order valence-electron chi connectivity index (χ2n) is 11.6. The van der Waals surface area contributed by atoms with Gasteiger partial charge >= 0.3 is 6.18 Å². The van der Waals surface area contributed by atoms with Gasteiger partial charge in [-0.05, 0) is 61.9 Å². The Kier molecular flexibility index (Phi) is 9.19. The molecule has 0 radical (unpaired) electrons. The molecular weight excluding hydrogens is 583 g/mol. The number of hydrogen-bond donors (Lipinski definition) is 1. The van der Waals surface area contributed by atoms with E-state index in [2.05, 4.69) is 14.9 Å². The van der Waals surface area contributed by atoms with Gasteiger partial charge in [0.1, 0.15) is 12.0 Å². The van der Waals surface area contributed by atoms with Gasteiger partial charge in [-0.25, -0.2) is 18.1 Å². The van der Waals surface area contributed by atoms with Gasteiger partial charge in [-0.3, -0.25) is 4.79 Å². The number of carbonyl (C=O) groups excluding carboxylic acids is 1. The fourth-order valence-corrected chi connectivity index (χ4v) is 5.97. The normalized spacial score (nSPS) is 13.2. The van der Waals surface area contributed by atoms with Crippen LogP contribution >= 0.6 is 0 Å². The molecule has 4 rings (SSSR count). The fraction of sp³-hybridized carbons (Fsp3) is 0.387. The Morgan fingerprint density at radius 1 is 1.05 bits per heavy atom. The third kappa shape index (κ3) is 7.92. The zero-order valence-electron chi connectivity index (χ0n) is 24.6. The van der Waals surface area contributed by atoms with E-state index in [1.807, 2.05) is 0 Å². The molecule has 0 aliphatic heterocycles. The molecule has 0 aliphatic rings. The van der Waals surface area contributed by atoms with Crippen LogP contribution in [0.4, 0.5) is 19.1 Å². The van der Waals surface area contributed by atoms with Gasteiger partial charge in [0.05, 0.1) is 16.8 Å². The Labute approximate surface area is 248 Å². The van der Waals surface area contributed by atoms with Gasteiger partial charge in [0.15, 0.2) is 0 Å². The SMILES string of the molecule is Cc1noc(NS(=O)(=O)c2ccccc2-c2ccc(-c3ncco3)cc2CCC(CC(=O)C(C)(C)C)CC(F)(F)F)c1C. The van der Waals surface area contributed by atoms with Gasteiger partial charge in [-0.2, -0.15) is 13.2 Å². The summed E-state index contributed by atoms with van der Waals surface area (Å²) in [5.74, 6) is -0.911. The Bertz CT molecular complexity index is 1690. The highest BCUT2D eigenvalue weighted by Crippen LogP contribution is 2.37. The van der Waals surface area contributed by atoms with Crippen molar-refractivity contribution in [2.75, 3.05) is 4.72 Å². The lowest BCUT2D eigenvalue weighted by Gasteiger charge is -2.24. The maximum Gasteiger partial charge on any atom is 0.389 e. The number of aryl methyl sites for hydroxylation is 2. The van der Waals surface area contributed by atoms with Crippen LogP contribution in [0.15, 0.2) is 68.8 Å². The second kappa shape index (κ2) is 12.4. The van der Waals surface area contributed by atoms with Gasteiger partial charge in [0.25, 0.3) is 10.0 Å². The van der Waals surface area contributed by atoms with Crippen molar-refractivity contribution in [1.29, 1.82) is 0 Å². The smallest absolute Gasteiger partial charge is 0.389 e. The lowest BCUT2D eigenvalue weighted by atomic mass is 9.81. The van der Waals surface area contributed by atoms with Crippen molar-refractivity contribution in [2.24, 2.45) is 11.3 Å². The molecule has 12 heteroatoms. The first kappa shape index (κ1) is 32.0. The summed E-state index contributed by atoms with van der Waals surface area (Å²) in [5.41, 5.74) is 2.31. The summed E-state index contributed by atoms with van der Waals surface area (Å²) in [5, 5.41) is 3.80. The number of benzene rings is 2. The monoisotopic (exact) mass is 617 g/mol. The lowest BCUT2D eigenvalue weighted by molar-refractivity contribution is -0.148. The van der Waals surface area contributed by atoms with Crippen molar-refractivity contribution in [2.45, 2.75) is 71.4 Å². The first-order valence-corrected chi connectivity index (χ1v) is 15.2. The van der Waals surface area contributed by atoms with Crippen LogP contribution < -0.4 is 4.72 Å². The van der Waals surface area contributed by atoms with Crippen LogP contribution in [0.3, 0.4) is 0 Å². The van der Waals surface area contributed by atoms with E-state index >= 15 is 0 Å². The van der Waals surface area contributed by atoms with Crippen LogP contribution in [0.2, 0.25) is 0 Å². The Morgan fingerprint density at radius 2 is 1.77 bits per heavy atom. The topological polar surface area (TPSA) is 115 Å². The summed E-state index contributed by atoms with van der Waals surface area (Å²) in [7, 11) is -4.17. The van der Waals surface area contributed by atoms with E-state index in [1.165, 1.54) is 18.5 Å². The third-order valence-electron chi connectivity index (χ3n) is 7.29. The third-order valence-corrected chi connectivity index (χ3v) is 8.68. The Morgan fingerprint density at radius 3 is 2.37 bits per heavy atom. The molecule has 0 bridgehead atoms. The molecule has 4 aromatic rings. The minimum absolute atomic E-state index is 0.00900. The maximum absolute atomic E-state index is 13.6. The van der Waals surface area contributed by atoms with Gasteiger partial charge in [0, 0.05) is 34.9 Å². The molecule has 8 nitrogen and oxygen atoms in total. The van der Waals surface area contributed by atoms with Crippen molar-refractivity contribution in [1.82, 2.24) is 10.1 Å². The number of ketones is 1. The molecule has 2 aromatic heterocycles. The molecule has 0 spiro atoms. The second-order valence-corrected chi connectivity index (χ2v) is 13.3. The molecule has 0 saturated carbocycles. The first-order valence-electron chi connectivity index (χ1n) is 13.7. The number of hydrogen-bond acceptors (Lipinski definition) is 7. The number of oxazole rings is 1. The van der Waals surface area contributed by atoms with Gasteiger partial charge in [0.2, 0.25) is 11.8 Å². The van der Waals surface area contributed by atoms with Crippen LogP contribution in [0.5, 0.6) is 0 Å². The van der Waals surface area contributed by atoms with Crippen molar-refractivity contribution >= 4 is 21.7 Å². The predicted octanol–water partition coefficient (Wildman–Crippen LogP) is 7.92. The van der Waals surface area contributed by atoms with Gasteiger partial charge < -0.3 is 8.94 Å². The number of halogens is 3. The highest BCUT2D eigenvalue weighted by molar-refractivity contribution is 7.92. The van der Waals surface area contributed by atoms with Gasteiger partial charge in [-0.15, -0.1) is 0 Å². The standard InChI is InChI=1S/C31H34F3N3O5S/c1-19-20(2)36-42-28(19)37-43(39,40)26-9-7-6-8-25(26)24-13-12-23(29-35-14-15-41-29)17-22(24)11-10-21(18-31(32,33)34)16-27(38)30(3,4)5/h6-9,12-15,17,21,37H,10-11,16,18H2,1-5H3. The van der Waals surface area contributed by atoms with Crippen molar-refractivity contribution in [3.8, 4) is 22.6 Å². The van der Waals surface area contributed by atoms with Crippen molar-refractivity contribution < 1.29 is 35.3 Å². The molecular formula is C31H34F3N3O5S. The van der Waals surface area contributed by atoms with E-state index in [0.29, 0.717) is 39.4 Å².